The minimum atomic E-state index is -0.105. The molecular weight excluding hydrogens is 268 g/mol. The molecule has 1 aromatic rings. The first-order valence-electron chi connectivity index (χ1n) is 7.29. The van der Waals surface area contributed by atoms with Gasteiger partial charge in [0.25, 0.3) is 5.91 Å². The summed E-state index contributed by atoms with van der Waals surface area (Å²) in [6.45, 7) is 1.21. The third-order valence-electron chi connectivity index (χ3n) is 3.99. The summed E-state index contributed by atoms with van der Waals surface area (Å²) in [4.78, 5) is 14.1. The van der Waals surface area contributed by atoms with E-state index in [2.05, 4.69) is 16.9 Å². The summed E-state index contributed by atoms with van der Waals surface area (Å²) in [6, 6.07) is 1.80. The van der Waals surface area contributed by atoms with Crippen LogP contribution in [0.1, 0.15) is 19.3 Å². The number of methoxy groups -OCH3 is 1. The maximum absolute atomic E-state index is 12.3. The maximum atomic E-state index is 12.3. The van der Waals surface area contributed by atoms with E-state index in [1.807, 2.05) is 6.20 Å². The molecule has 2 N–H and O–H groups in total. The van der Waals surface area contributed by atoms with Gasteiger partial charge in [-0.05, 0) is 31.2 Å². The van der Waals surface area contributed by atoms with Gasteiger partial charge in [0.2, 0.25) is 0 Å². The van der Waals surface area contributed by atoms with Crippen molar-refractivity contribution in [3.05, 3.63) is 12.3 Å². The lowest BCUT2D eigenvalue weighted by Gasteiger charge is -2.21. The van der Waals surface area contributed by atoms with Gasteiger partial charge in [-0.25, -0.2) is 0 Å². The fourth-order valence-electron chi connectivity index (χ4n) is 2.62. The zero-order valence-electron chi connectivity index (χ0n) is 12.2. The summed E-state index contributed by atoms with van der Waals surface area (Å²) in [5.74, 6) is 6.62. The van der Waals surface area contributed by atoms with Crippen LogP contribution >= 0.6 is 0 Å². The van der Waals surface area contributed by atoms with Crippen LogP contribution in [0, 0.1) is 17.8 Å². The molecule has 2 fully saturated rings. The van der Waals surface area contributed by atoms with Gasteiger partial charge < -0.3 is 15.4 Å². The second-order valence-electron chi connectivity index (χ2n) is 5.71. The van der Waals surface area contributed by atoms with E-state index in [4.69, 9.17) is 10.5 Å². The van der Waals surface area contributed by atoms with Crippen molar-refractivity contribution in [1.82, 2.24) is 14.7 Å². The summed E-state index contributed by atoms with van der Waals surface area (Å²) in [5, 5.41) is 4.18. The molecule has 3 rings (SSSR count). The Morgan fingerprint density at radius 1 is 1.57 bits per heavy atom. The minimum Gasteiger partial charge on any atom is -0.382 e. The van der Waals surface area contributed by atoms with Crippen LogP contribution in [0.25, 0.3) is 0 Å². The van der Waals surface area contributed by atoms with Crippen LogP contribution in [0.2, 0.25) is 0 Å². The third kappa shape index (κ3) is 3.37. The molecule has 1 saturated carbocycles. The lowest BCUT2D eigenvalue weighted by atomic mass is 10.2. The van der Waals surface area contributed by atoms with Gasteiger partial charge in [-0.1, -0.05) is 5.92 Å². The third-order valence-corrected chi connectivity index (χ3v) is 3.99. The molecule has 2 heterocycles. The van der Waals surface area contributed by atoms with Crippen LogP contribution < -0.4 is 5.73 Å². The molecule has 1 aromatic heterocycles. The van der Waals surface area contributed by atoms with Crippen molar-refractivity contribution in [2.24, 2.45) is 5.92 Å². The topological polar surface area (TPSA) is 73.4 Å². The Morgan fingerprint density at radius 2 is 2.38 bits per heavy atom. The van der Waals surface area contributed by atoms with Gasteiger partial charge in [-0.2, -0.15) is 5.10 Å². The van der Waals surface area contributed by atoms with E-state index in [0.29, 0.717) is 24.8 Å². The number of amides is 1. The van der Waals surface area contributed by atoms with Crippen LogP contribution in [-0.4, -0.2) is 46.4 Å². The Kier molecular flexibility index (Phi) is 3.84. The standard InChI is InChI=1S/C15H20N4O2/c1-21-13-8-12(9-18-7-6-14(16)17-18)19(10-13)15(20)5-4-11-2-3-11/h6-7,11-13H,2-3,8-10H2,1H3,(H2,16,17)/t12-,13-/m0/s1. The molecule has 1 saturated heterocycles. The first kappa shape index (κ1) is 14.0. The van der Waals surface area contributed by atoms with Crippen LogP contribution in [0.5, 0.6) is 0 Å². The summed E-state index contributed by atoms with van der Waals surface area (Å²) in [7, 11) is 1.68. The van der Waals surface area contributed by atoms with Crippen molar-refractivity contribution in [2.75, 3.05) is 19.4 Å². The molecule has 6 nitrogen and oxygen atoms in total. The number of nitrogen functional groups attached to an aromatic ring is 1. The van der Waals surface area contributed by atoms with Crippen molar-refractivity contribution in [1.29, 1.82) is 0 Å². The zero-order chi connectivity index (χ0) is 14.8. The smallest absolute Gasteiger partial charge is 0.298 e. The van der Waals surface area contributed by atoms with E-state index in [-0.39, 0.29) is 18.1 Å². The van der Waals surface area contributed by atoms with Crippen molar-refractivity contribution >= 4 is 11.7 Å². The number of hydrogen-bond acceptors (Lipinski definition) is 4. The van der Waals surface area contributed by atoms with Gasteiger partial charge in [0.1, 0.15) is 5.82 Å². The number of hydrogen-bond donors (Lipinski definition) is 1. The molecule has 21 heavy (non-hydrogen) atoms. The molecular formula is C15H20N4O2. The van der Waals surface area contributed by atoms with Crippen molar-refractivity contribution in [3.8, 4) is 11.8 Å². The summed E-state index contributed by atoms with van der Waals surface area (Å²) >= 11 is 0. The van der Waals surface area contributed by atoms with Gasteiger partial charge in [0.05, 0.1) is 18.7 Å². The fourth-order valence-corrected chi connectivity index (χ4v) is 2.62. The number of nitrogens with zero attached hydrogens (tertiary/aromatic N) is 3. The molecule has 0 aromatic carbocycles. The molecule has 0 radical (unpaired) electrons. The van der Waals surface area contributed by atoms with Crippen molar-refractivity contribution in [2.45, 2.75) is 38.0 Å². The Bertz CT molecular complexity index is 582. The monoisotopic (exact) mass is 288 g/mol. The Morgan fingerprint density at radius 3 is 3.00 bits per heavy atom. The zero-order valence-corrected chi connectivity index (χ0v) is 12.2. The van der Waals surface area contributed by atoms with E-state index in [9.17, 15) is 4.79 Å². The molecule has 1 aliphatic heterocycles. The average molecular weight is 288 g/mol. The Hall–Kier alpha value is -2.00. The molecule has 1 amide bonds. The largest absolute Gasteiger partial charge is 0.382 e. The van der Waals surface area contributed by atoms with Gasteiger partial charge in [-0.15, -0.1) is 0 Å². The number of ether oxygens (including phenoxy) is 1. The fraction of sp³-hybridized carbons (Fsp3) is 0.600. The van der Waals surface area contributed by atoms with Gasteiger partial charge in [0.15, 0.2) is 0 Å². The Balaban J connectivity index is 1.69. The van der Waals surface area contributed by atoms with Crippen molar-refractivity contribution < 1.29 is 9.53 Å². The first-order chi connectivity index (χ1) is 10.2. The van der Waals surface area contributed by atoms with Crippen LogP contribution in [0.3, 0.4) is 0 Å². The van der Waals surface area contributed by atoms with Gasteiger partial charge >= 0.3 is 0 Å². The number of carbonyl (C=O) groups excluding carboxylic acids is 1. The molecule has 6 heteroatoms. The SMILES string of the molecule is CO[C@H]1C[C@@H](Cn2ccc(N)n2)N(C(=O)C#CC2CC2)C1. The normalized spacial score (nSPS) is 24.7. The van der Waals surface area contributed by atoms with Crippen LogP contribution in [-0.2, 0) is 16.1 Å². The average Bonchev–Trinajstić information content (AvgIpc) is 3.08. The number of aromatic nitrogens is 2. The number of nitrogens with two attached hydrogens (primary N) is 1. The van der Waals surface area contributed by atoms with Crippen LogP contribution in [0.15, 0.2) is 12.3 Å². The lowest BCUT2D eigenvalue weighted by molar-refractivity contribution is -0.126. The number of anilines is 1. The van der Waals surface area contributed by atoms with Gasteiger partial charge in [-0.3, -0.25) is 9.48 Å². The van der Waals surface area contributed by atoms with Crippen LogP contribution in [0.4, 0.5) is 5.82 Å². The number of likely N-dealkylation sites (tertiary alicyclic amines) is 1. The summed E-state index contributed by atoms with van der Waals surface area (Å²) in [6.07, 6.45) is 4.93. The predicted molar refractivity (Wildman–Crippen MR) is 78.1 cm³/mol. The maximum Gasteiger partial charge on any atom is 0.298 e. The highest BCUT2D eigenvalue weighted by atomic mass is 16.5. The highest BCUT2D eigenvalue weighted by molar-refractivity contribution is 5.94. The van der Waals surface area contributed by atoms with E-state index < -0.39 is 0 Å². The highest BCUT2D eigenvalue weighted by Gasteiger charge is 2.35. The van der Waals surface area contributed by atoms with E-state index in [0.717, 1.165) is 19.3 Å². The predicted octanol–water partition coefficient (Wildman–Crippen LogP) is 0.495. The van der Waals surface area contributed by atoms with Crippen molar-refractivity contribution in [3.63, 3.8) is 0 Å². The number of rotatable bonds is 3. The second-order valence-corrected chi connectivity index (χ2v) is 5.71. The molecule has 2 aliphatic rings. The minimum absolute atomic E-state index is 0.0512. The quantitative estimate of drug-likeness (QED) is 0.822. The second kappa shape index (κ2) is 5.78. The molecule has 2 atom stereocenters. The molecule has 0 spiro atoms. The molecule has 0 unspecified atom stereocenters. The highest BCUT2D eigenvalue weighted by Crippen LogP contribution is 2.27. The summed E-state index contributed by atoms with van der Waals surface area (Å²) in [5.41, 5.74) is 5.63. The molecule has 112 valence electrons. The summed E-state index contributed by atoms with van der Waals surface area (Å²) < 4.78 is 7.18. The molecule has 0 bridgehead atoms. The van der Waals surface area contributed by atoms with E-state index in [1.54, 1.807) is 22.8 Å². The Labute approximate surface area is 124 Å². The molecule has 1 aliphatic carbocycles. The lowest BCUT2D eigenvalue weighted by Crippen LogP contribution is -2.37. The van der Waals surface area contributed by atoms with E-state index in [1.165, 1.54) is 0 Å². The number of carbonyl (C=O) groups is 1. The first-order valence-corrected chi connectivity index (χ1v) is 7.29. The van der Waals surface area contributed by atoms with E-state index >= 15 is 0 Å². The van der Waals surface area contributed by atoms with Gasteiger partial charge in [0, 0.05) is 25.8 Å².